The molecule has 0 aromatic carbocycles. The first-order valence-electron chi connectivity index (χ1n) is 3.34. The fourth-order valence-corrected chi connectivity index (χ4v) is 2.95. The van der Waals surface area contributed by atoms with Crippen molar-refractivity contribution in [1.29, 1.82) is 0 Å². The third-order valence-electron chi connectivity index (χ3n) is 2.20. The number of carbonyl (C=O) groups is 1. The molecule has 3 nitrogen and oxygen atoms in total. The predicted octanol–water partition coefficient (Wildman–Crippen LogP) is -0.0815. The van der Waals surface area contributed by atoms with E-state index in [-0.39, 0.29) is 0 Å². The molecule has 10 heavy (non-hydrogen) atoms. The molecule has 0 spiro atoms. The van der Waals surface area contributed by atoms with Crippen molar-refractivity contribution in [3.63, 3.8) is 0 Å². The van der Waals surface area contributed by atoms with Gasteiger partial charge in [0, 0.05) is 18.3 Å². The fourth-order valence-electron chi connectivity index (χ4n) is 1.56. The van der Waals surface area contributed by atoms with Crippen LogP contribution in [0.25, 0.3) is 0 Å². The molecule has 56 valence electrons. The van der Waals surface area contributed by atoms with Gasteiger partial charge in [-0.15, -0.1) is 11.8 Å². The number of carboxylic acid groups (broad SMARTS) is 1. The lowest BCUT2D eigenvalue weighted by Crippen LogP contribution is -2.39. The standard InChI is InChI=1S/C6H9NO2S/c8-5(9)6-1-4(2-10-6)7-3-6/h4,7H,1-3H2,(H,8,9). The summed E-state index contributed by atoms with van der Waals surface area (Å²) in [7, 11) is 0. The topological polar surface area (TPSA) is 49.3 Å². The van der Waals surface area contributed by atoms with Gasteiger partial charge in [0.15, 0.2) is 0 Å². The molecule has 2 aliphatic heterocycles. The fraction of sp³-hybridized carbons (Fsp3) is 0.833. The maximum absolute atomic E-state index is 10.7. The van der Waals surface area contributed by atoms with Crippen molar-refractivity contribution in [3.05, 3.63) is 0 Å². The van der Waals surface area contributed by atoms with Crippen LogP contribution in [0.1, 0.15) is 6.42 Å². The molecule has 0 aliphatic carbocycles. The Kier molecular flexibility index (Phi) is 1.22. The van der Waals surface area contributed by atoms with E-state index in [4.69, 9.17) is 5.11 Å². The molecule has 2 atom stereocenters. The summed E-state index contributed by atoms with van der Waals surface area (Å²) in [4.78, 5) is 10.7. The summed E-state index contributed by atoms with van der Waals surface area (Å²) in [5, 5.41) is 12.0. The number of nitrogens with one attached hydrogen (secondary N) is 1. The summed E-state index contributed by atoms with van der Waals surface area (Å²) in [5.74, 6) is 0.316. The molecule has 2 unspecified atom stereocenters. The SMILES string of the molecule is O=C(O)C12CNC(CS1)C2. The molecule has 0 saturated carbocycles. The first kappa shape index (κ1) is 6.49. The van der Waals surface area contributed by atoms with Crippen molar-refractivity contribution in [2.75, 3.05) is 12.3 Å². The normalized spacial score (nSPS) is 44.2. The Bertz CT molecular complexity index is 175. The molecule has 4 heteroatoms. The number of hydrogen-bond acceptors (Lipinski definition) is 3. The molecule has 2 N–H and O–H groups in total. The Balaban J connectivity index is 2.23. The van der Waals surface area contributed by atoms with E-state index in [1.54, 1.807) is 11.8 Å². The summed E-state index contributed by atoms with van der Waals surface area (Å²) >= 11 is 1.59. The summed E-state index contributed by atoms with van der Waals surface area (Å²) in [6.07, 6.45) is 0.812. The van der Waals surface area contributed by atoms with Gasteiger partial charge in [0.2, 0.25) is 0 Å². The highest BCUT2D eigenvalue weighted by molar-refractivity contribution is 8.01. The van der Waals surface area contributed by atoms with Crippen molar-refractivity contribution < 1.29 is 9.90 Å². The molecule has 0 amide bonds. The maximum Gasteiger partial charge on any atom is 0.321 e. The van der Waals surface area contributed by atoms with E-state index in [2.05, 4.69) is 5.32 Å². The lowest BCUT2D eigenvalue weighted by atomic mass is 10.1. The summed E-state index contributed by atoms with van der Waals surface area (Å²) in [5.41, 5.74) is 0. The molecule has 0 radical (unpaired) electrons. The van der Waals surface area contributed by atoms with Crippen molar-refractivity contribution in [3.8, 4) is 0 Å². The van der Waals surface area contributed by atoms with Gasteiger partial charge in [-0.05, 0) is 6.42 Å². The average molecular weight is 159 g/mol. The molecule has 2 bridgehead atoms. The Hall–Kier alpha value is -0.220. The van der Waals surface area contributed by atoms with E-state index in [0.29, 0.717) is 12.6 Å². The number of hydrogen-bond donors (Lipinski definition) is 2. The minimum absolute atomic E-state index is 0.459. The van der Waals surface area contributed by atoms with Gasteiger partial charge in [-0.3, -0.25) is 4.79 Å². The second kappa shape index (κ2) is 1.89. The Morgan fingerprint density at radius 2 is 2.60 bits per heavy atom. The Morgan fingerprint density at radius 3 is 2.80 bits per heavy atom. The average Bonchev–Trinajstić information content (AvgIpc) is 2.45. The van der Waals surface area contributed by atoms with E-state index in [0.717, 1.165) is 12.2 Å². The van der Waals surface area contributed by atoms with Gasteiger partial charge < -0.3 is 10.4 Å². The van der Waals surface area contributed by atoms with Gasteiger partial charge in [-0.1, -0.05) is 0 Å². The van der Waals surface area contributed by atoms with E-state index < -0.39 is 10.7 Å². The molecule has 2 rings (SSSR count). The van der Waals surface area contributed by atoms with Crippen LogP contribution in [0.3, 0.4) is 0 Å². The second-order valence-corrected chi connectivity index (χ2v) is 4.30. The quantitative estimate of drug-likeness (QED) is 0.562. The van der Waals surface area contributed by atoms with Crippen LogP contribution in [-0.2, 0) is 4.79 Å². The number of rotatable bonds is 1. The van der Waals surface area contributed by atoms with E-state index >= 15 is 0 Å². The minimum atomic E-state index is -0.648. The zero-order valence-corrected chi connectivity index (χ0v) is 6.28. The van der Waals surface area contributed by atoms with Crippen LogP contribution >= 0.6 is 11.8 Å². The molecular formula is C6H9NO2S. The minimum Gasteiger partial charge on any atom is -0.480 e. The van der Waals surface area contributed by atoms with E-state index in [1.165, 1.54) is 0 Å². The van der Waals surface area contributed by atoms with Gasteiger partial charge in [-0.25, -0.2) is 0 Å². The number of fused-ring (bicyclic) bond motifs is 2. The molecule has 2 saturated heterocycles. The Morgan fingerprint density at radius 1 is 1.80 bits per heavy atom. The lowest BCUT2D eigenvalue weighted by molar-refractivity contribution is -0.139. The molecule has 2 fully saturated rings. The summed E-state index contributed by atoms with van der Waals surface area (Å²) in [6, 6.07) is 0.459. The van der Waals surface area contributed by atoms with E-state index in [9.17, 15) is 4.79 Å². The van der Waals surface area contributed by atoms with Gasteiger partial charge >= 0.3 is 5.97 Å². The van der Waals surface area contributed by atoms with Crippen LogP contribution in [0.15, 0.2) is 0 Å². The molecule has 0 aromatic rings. The number of carboxylic acids is 1. The van der Waals surface area contributed by atoms with E-state index in [1.807, 2.05) is 0 Å². The zero-order valence-electron chi connectivity index (χ0n) is 5.46. The third-order valence-corrected chi connectivity index (χ3v) is 3.81. The van der Waals surface area contributed by atoms with Gasteiger partial charge in [0.05, 0.1) is 0 Å². The summed E-state index contributed by atoms with van der Waals surface area (Å²) in [6.45, 7) is 0.650. The number of thioether (sulfide) groups is 1. The van der Waals surface area contributed by atoms with Gasteiger partial charge in [0.25, 0.3) is 0 Å². The maximum atomic E-state index is 10.7. The largest absolute Gasteiger partial charge is 0.480 e. The molecule has 0 aromatic heterocycles. The van der Waals surface area contributed by atoms with Crippen LogP contribution in [0, 0.1) is 0 Å². The highest BCUT2D eigenvalue weighted by Gasteiger charge is 2.51. The van der Waals surface area contributed by atoms with Gasteiger partial charge in [0.1, 0.15) is 4.75 Å². The van der Waals surface area contributed by atoms with Crippen LogP contribution < -0.4 is 5.32 Å². The van der Waals surface area contributed by atoms with Crippen LogP contribution in [0.5, 0.6) is 0 Å². The second-order valence-electron chi connectivity index (χ2n) is 2.89. The monoisotopic (exact) mass is 159 g/mol. The lowest BCUT2D eigenvalue weighted by Gasteiger charge is -2.19. The van der Waals surface area contributed by atoms with Crippen molar-refractivity contribution >= 4 is 17.7 Å². The first-order chi connectivity index (χ1) is 4.73. The third kappa shape index (κ3) is 0.689. The highest BCUT2D eigenvalue weighted by atomic mass is 32.2. The first-order valence-corrected chi connectivity index (χ1v) is 4.32. The van der Waals surface area contributed by atoms with Crippen molar-refractivity contribution in [2.24, 2.45) is 0 Å². The molecular weight excluding hydrogens is 150 g/mol. The van der Waals surface area contributed by atoms with Crippen LogP contribution in [0.4, 0.5) is 0 Å². The predicted molar refractivity (Wildman–Crippen MR) is 39.2 cm³/mol. The summed E-state index contributed by atoms with van der Waals surface area (Å²) < 4.78 is -0.468. The number of aliphatic carboxylic acids is 1. The van der Waals surface area contributed by atoms with Crippen LogP contribution in [0.2, 0.25) is 0 Å². The zero-order chi connectivity index (χ0) is 7.19. The molecule has 2 heterocycles. The Labute approximate surface area is 63.2 Å². The smallest absolute Gasteiger partial charge is 0.321 e. The highest BCUT2D eigenvalue weighted by Crippen LogP contribution is 2.42. The van der Waals surface area contributed by atoms with Crippen molar-refractivity contribution in [2.45, 2.75) is 17.2 Å². The van der Waals surface area contributed by atoms with Crippen molar-refractivity contribution in [1.82, 2.24) is 5.32 Å². The van der Waals surface area contributed by atoms with Gasteiger partial charge in [-0.2, -0.15) is 0 Å². The van der Waals surface area contributed by atoms with Crippen LogP contribution in [-0.4, -0.2) is 34.2 Å². The molecule has 2 aliphatic rings.